The Labute approximate surface area is 150 Å². The van der Waals surface area contributed by atoms with Gasteiger partial charge in [0.2, 0.25) is 0 Å². The predicted octanol–water partition coefficient (Wildman–Crippen LogP) is 2.25. The number of hydrogen-bond acceptors (Lipinski definition) is 5. The fraction of sp³-hybridized carbons (Fsp3) is 0.438. The molecule has 1 fully saturated rings. The van der Waals surface area contributed by atoms with E-state index >= 15 is 0 Å². The van der Waals surface area contributed by atoms with Gasteiger partial charge in [0.25, 0.3) is 12.0 Å². The maximum absolute atomic E-state index is 12.8. The van der Waals surface area contributed by atoms with Gasteiger partial charge in [0, 0.05) is 32.2 Å². The SMILES string of the molecule is O=c1cc(N2CCN(c3cccc(C(F)(F)F)n3)CC2)cnn1CC(F)F. The van der Waals surface area contributed by atoms with Gasteiger partial charge in [0.05, 0.1) is 11.9 Å². The number of aromatic nitrogens is 3. The molecular formula is C16H16F5N5O. The van der Waals surface area contributed by atoms with Crippen molar-refractivity contribution in [3.63, 3.8) is 0 Å². The first-order valence-corrected chi connectivity index (χ1v) is 8.13. The molecule has 6 nitrogen and oxygen atoms in total. The molecule has 0 radical (unpaired) electrons. The number of piperazine rings is 1. The highest BCUT2D eigenvalue weighted by Crippen LogP contribution is 2.29. The average Bonchev–Trinajstić information content (AvgIpc) is 2.63. The van der Waals surface area contributed by atoms with Crippen LogP contribution in [0.3, 0.4) is 0 Å². The molecule has 3 rings (SSSR count). The summed E-state index contributed by atoms with van der Waals surface area (Å²) in [5.41, 5.74) is -1.09. The van der Waals surface area contributed by atoms with Crippen molar-refractivity contribution >= 4 is 11.5 Å². The van der Waals surface area contributed by atoms with Crippen LogP contribution in [0.1, 0.15) is 5.69 Å². The fourth-order valence-electron chi connectivity index (χ4n) is 2.82. The van der Waals surface area contributed by atoms with E-state index in [1.54, 1.807) is 4.90 Å². The molecule has 0 atom stereocenters. The lowest BCUT2D eigenvalue weighted by molar-refractivity contribution is -0.141. The zero-order chi connectivity index (χ0) is 19.6. The summed E-state index contributed by atoms with van der Waals surface area (Å²) in [6.07, 6.45) is -5.85. The Morgan fingerprint density at radius 3 is 2.33 bits per heavy atom. The molecule has 1 aliphatic heterocycles. The molecule has 11 heteroatoms. The van der Waals surface area contributed by atoms with E-state index < -0.39 is 30.4 Å². The molecule has 0 aliphatic carbocycles. The van der Waals surface area contributed by atoms with Crippen LogP contribution in [0.4, 0.5) is 33.5 Å². The Morgan fingerprint density at radius 2 is 1.74 bits per heavy atom. The summed E-state index contributed by atoms with van der Waals surface area (Å²) >= 11 is 0. The Bertz CT molecular complexity index is 846. The maximum atomic E-state index is 12.8. The van der Waals surface area contributed by atoms with Crippen molar-refractivity contribution in [3.8, 4) is 0 Å². The predicted molar refractivity (Wildman–Crippen MR) is 88.2 cm³/mol. The third kappa shape index (κ3) is 4.52. The molecule has 3 heterocycles. The van der Waals surface area contributed by atoms with E-state index in [0.29, 0.717) is 36.5 Å². The summed E-state index contributed by atoms with van der Waals surface area (Å²) in [7, 11) is 0. The Hall–Kier alpha value is -2.72. The topological polar surface area (TPSA) is 54.3 Å². The van der Waals surface area contributed by atoms with E-state index in [0.717, 1.165) is 6.07 Å². The number of halogens is 5. The van der Waals surface area contributed by atoms with Crippen LogP contribution in [0.5, 0.6) is 0 Å². The van der Waals surface area contributed by atoms with E-state index in [-0.39, 0.29) is 5.82 Å². The van der Waals surface area contributed by atoms with Gasteiger partial charge in [-0.25, -0.2) is 18.4 Å². The number of rotatable bonds is 4. The van der Waals surface area contributed by atoms with Crippen molar-refractivity contribution in [1.82, 2.24) is 14.8 Å². The van der Waals surface area contributed by atoms with Crippen LogP contribution in [0.2, 0.25) is 0 Å². The molecule has 2 aromatic heterocycles. The van der Waals surface area contributed by atoms with Crippen molar-refractivity contribution in [1.29, 1.82) is 0 Å². The summed E-state index contributed by atoms with van der Waals surface area (Å²) in [6.45, 7) is 0.882. The van der Waals surface area contributed by atoms with E-state index in [4.69, 9.17) is 0 Å². The number of pyridine rings is 1. The molecular weight excluding hydrogens is 373 g/mol. The maximum Gasteiger partial charge on any atom is 0.433 e. The second-order valence-electron chi connectivity index (χ2n) is 5.98. The molecule has 0 saturated carbocycles. The quantitative estimate of drug-likeness (QED) is 0.751. The van der Waals surface area contributed by atoms with Crippen LogP contribution < -0.4 is 15.4 Å². The normalized spacial score (nSPS) is 15.5. The molecule has 0 spiro atoms. The van der Waals surface area contributed by atoms with Crippen molar-refractivity contribution in [2.45, 2.75) is 19.1 Å². The highest BCUT2D eigenvalue weighted by atomic mass is 19.4. The zero-order valence-electron chi connectivity index (χ0n) is 14.0. The lowest BCUT2D eigenvalue weighted by atomic mass is 10.2. The lowest BCUT2D eigenvalue weighted by Crippen LogP contribution is -2.47. The van der Waals surface area contributed by atoms with E-state index in [2.05, 4.69) is 10.1 Å². The van der Waals surface area contributed by atoms with Gasteiger partial charge >= 0.3 is 6.18 Å². The highest BCUT2D eigenvalue weighted by Gasteiger charge is 2.33. The highest BCUT2D eigenvalue weighted by molar-refractivity contribution is 5.47. The van der Waals surface area contributed by atoms with Crippen LogP contribution in [-0.2, 0) is 12.7 Å². The van der Waals surface area contributed by atoms with Crippen molar-refractivity contribution < 1.29 is 22.0 Å². The molecule has 146 valence electrons. The number of nitrogens with zero attached hydrogens (tertiary/aromatic N) is 5. The van der Waals surface area contributed by atoms with E-state index in [9.17, 15) is 26.7 Å². The standard InChI is InChI=1S/C16H16F5N5O/c17-13(18)10-26-15(27)8-11(9-22-26)24-4-6-25(7-5-24)14-3-1-2-12(23-14)16(19,20)21/h1-3,8-9,13H,4-7,10H2. The third-order valence-corrected chi connectivity index (χ3v) is 4.16. The average molecular weight is 389 g/mol. The van der Waals surface area contributed by atoms with Gasteiger partial charge in [-0.15, -0.1) is 0 Å². The van der Waals surface area contributed by atoms with Gasteiger partial charge in [0.1, 0.15) is 18.1 Å². The van der Waals surface area contributed by atoms with Gasteiger partial charge in [-0.3, -0.25) is 4.79 Å². The van der Waals surface area contributed by atoms with Gasteiger partial charge in [-0.2, -0.15) is 18.3 Å². The van der Waals surface area contributed by atoms with Crippen molar-refractivity contribution in [2.75, 3.05) is 36.0 Å². The minimum Gasteiger partial charge on any atom is -0.367 e. The minimum absolute atomic E-state index is 0.231. The molecule has 0 aromatic carbocycles. The van der Waals surface area contributed by atoms with Gasteiger partial charge < -0.3 is 9.80 Å². The first-order chi connectivity index (χ1) is 12.7. The molecule has 1 saturated heterocycles. The van der Waals surface area contributed by atoms with Crippen LogP contribution in [0.15, 0.2) is 35.3 Å². The fourth-order valence-corrected chi connectivity index (χ4v) is 2.82. The van der Waals surface area contributed by atoms with Crippen LogP contribution in [0, 0.1) is 0 Å². The number of alkyl halides is 5. The number of hydrogen-bond donors (Lipinski definition) is 0. The van der Waals surface area contributed by atoms with Gasteiger partial charge in [-0.1, -0.05) is 6.07 Å². The molecule has 0 amide bonds. The first-order valence-electron chi connectivity index (χ1n) is 8.13. The van der Waals surface area contributed by atoms with Crippen LogP contribution in [-0.4, -0.2) is 47.4 Å². The lowest BCUT2D eigenvalue weighted by Gasteiger charge is -2.36. The summed E-state index contributed by atoms with van der Waals surface area (Å²) in [5, 5.41) is 3.74. The summed E-state index contributed by atoms with van der Waals surface area (Å²) in [5.74, 6) is 0.231. The van der Waals surface area contributed by atoms with Crippen molar-refractivity contribution in [2.24, 2.45) is 0 Å². The van der Waals surface area contributed by atoms with Crippen LogP contribution >= 0.6 is 0 Å². The molecule has 0 unspecified atom stereocenters. The van der Waals surface area contributed by atoms with Gasteiger partial charge in [-0.05, 0) is 12.1 Å². The minimum atomic E-state index is -4.51. The molecule has 27 heavy (non-hydrogen) atoms. The summed E-state index contributed by atoms with van der Waals surface area (Å²) < 4.78 is 63.8. The Kier molecular flexibility index (Phi) is 5.29. The van der Waals surface area contributed by atoms with Gasteiger partial charge in [0.15, 0.2) is 0 Å². The summed E-state index contributed by atoms with van der Waals surface area (Å²) in [4.78, 5) is 19.1. The monoisotopic (exact) mass is 389 g/mol. The second-order valence-corrected chi connectivity index (χ2v) is 5.98. The largest absolute Gasteiger partial charge is 0.433 e. The molecule has 0 N–H and O–H groups in total. The van der Waals surface area contributed by atoms with E-state index in [1.807, 2.05) is 4.90 Å². The molecule has 1 aliphatic rings. The Balaban J connectivity index is 1.67. The second kappa shape index (κ2) is 7.49. The summed E-state index contributed by atoms with van der Waals surface area (Å²) in [6, 6.07) is 4.97. The molecule has 0 bridgehead atoms. The third-order valence-electron chi connectivity index (χ3n) is 4.16. The molecule has 2 aromatic rings. The van der Waals surface area contributed by atoms with Crippen LogP contribution in [0.25, 0.3) is 0 Å². The smallest absolute Gasteiger partial charge is 0.367 e. The first kappa shape index (κ1) is 19.1. The van der Waals surface area contributed by atoms with E-state index in [1.165, 1.54) is 24.4 Å². The zero-order valence-corrected chi connectivity index (χ0v) is 14.0. The van der Waals surface area contributed by atoms with Crippen molar-refractivity contribution in [3.05, 3.63) is 46.5 Å². The Morgan fingerprint density at radius 1 is 1.07 bits per heavy atom. The number of anilines is 2.